The number of nitrogens with zero attached hydrogens (tertiary/aromatic N) is 6. The van der Waals surface area contributed by atoms with Gasteiger partial charge in [-0.25, -0.2) is 9.83 Å². The number of benzene rings is 4. The van der Waals surface area contributed by atoms with Crippen molar-refractivity contribution in [3.8, 4) is 55.9 Å². The molecule has 0 saturated heterocycles. The Hall–Kier alpha value is -7.10. The van der Waals surface area contributed by atoms with E-state index in [0.29, 0.717) is 5.69 Å². The molecular formula is C44H26N6. The van der Waals surface area contributed by atoms with Gasteiger partial charge in [-0.15, -0.1) is 0 Å². The zero-order valence-corrected chi connectivity index (χ0v) is 26.7. The molecule has 9 aromatic rings. The maximum absolute atomic E-state index is 7.26. The summed E-state index contributed by atoms with van der Waals surface area (Å²) in [4.78, 5) is 27.0. The molecule has 0 spiro atoms. The Kier molecular flexibility index (Phi) is 7.07. The minimum absolute atomic E-state index is 0.635. The number of hydrogen-bond donors (Lipinski definition) is 0. The van der Waals surface area contributed by atoms with Crippen LogP contribution >= 0.6 is 0 Å². The molecular weight excluding hydrogens is 613 g/mol. The molecule has 0 unspecified atom stereocenters. The van der Waals surface area contributed by atoms with Crippen LogP contribution in [0.3, 0.4) is 0 Å². The number of rotatable bonds is 5. The van der Waals surface area contributed by atoms with Crippen LogP contribution in [0.1, 0.15) is 0 Å². The van der Waals surface area contributed by atoms with Crippen molar-refractivity contribution in [2.45, 2.75) is 0 Å². The summed E-state index contributed by atoms with van der Waals surface area (Å²) in [5.41, 5.74) is 12.5. The van der Waals surface area contributed by atoms with Gasteiger partial charge in [0, 0.05) is 70.2 Å². The monoisotopic (exact) mass is 638 g/mol. The van der Waals surface area contributed by atoms with Gasteiger partial charge in [0.05, 0.1) is 29.0 Å². The normalized spacial score (nSPS) is 11.2. The summed E-state index contributed by atoms with van der Waals surface area (Å²) < 4.78 is 0. The summed E-state index contributed by atoms with van der Waals surface area (Å²) in [5.74, 6) is 0. The highest BCUT2D eigenvalue weighted by Gasteiger charge is 2.18. The van der Waals surface area contributed by atoms with E-state index in [1.807, 2.05) is 73.1 Å². The molecule has 0 aliphatic carbocycles. The fourth-order valence-electron chi connectivity index (χ4n) is 6.74. The largest absolute Gasteiger partial charge is 0.265 e. The van der Waals surface area contributed by atoms with Gasteiger partial charge in [0.25, 0.3) is 0 Å². The molecule has 0 aliphatic heterocycles. The lowest BCUT2D eigenvalue weighted by molar-refractivity contribution is 1.27. The van der Waals surface area contributed by atoms with Crippen LogP contribution in [0.2, 0.25) is 0 Å². The molecule has 232 valence electrons. The standard InChI is InChI=1S/C44H26N6/c1-45-34-12-10-29(11-13-34)28-6-8-30(9-7-28)37-26-39-36-5-3-19-49-44(36)38(27-40(39)35-4-2-18-48-43(35)37)33-24-41(31-14-20-46-21-15-31)50-42(25-33)32-16-22-47-23-17-32/h2-27H. The topological polar surface area (TPSA) is 68.8 Å². The lowest BCUT2D eigenvalue weighted by Crippen LogP contribution is -1.94. The zero-order valence-electron chi connectivity index (χ0n) is 26.7. The second-order valence-corrected chi connectivity index (χ2v) is 12.1. The van der Waals surface area contributed by atoms with Gasteiger partial charge in [0.15, 0.2) is 5.69 Å². The first-order chi connectivity index (χ1) is 24.7. The highest BCUT2D eigenvalue weighted by Crippen LogP contribution is 2.42. The second kappa shape index (κ2) is 12.2. The minimum Gasteiger partial charge on any atom is -0.265 e. The van der Waals surface area contributed by atoms with E-state index in [4.69, 9.17) is 21.5 Å². The van der Waals surface area contributed by atoms with Crippen molar-refractivity contribution < 1.29 is 0 Å². The van der Waals surface area contributed by atoms with Crippen molar-refractivity contribution in [2.24, 2.45) is 0 Å². The van der Waals surface area contributed by atoms with Gasteiger partial charge < -0.3 is 0 Å². The Morgan fingerprint density at radius 3 is 1.36 bits per heavy atom. The molecule has 50 heavy (non-hydrogen) atoms. The van der Waals surface area contributed by atoms with Gasteiger partial charge in [0.1, 0.15) is 0 Å². The van der Waals surface area contributed by atoms with E-state index in [1.54, 1.807) is 24.8 Å². The first-order valence-corrected chi connectivity index (χ1v) is 16.2. The average molecular weight is 639 g/mol. The van der Waals surface area contributed by atoms with E-state index in [2.05, 4.69) is 75.5 Å². The third kappa shape index (κ3) is 5.11. The highest BCUT2D eigenvalue weighted by atomic mass is 14.7. The van der Waals surface area contributed by atoms with Gasteiger partial charge in [0.2, 0.25) is 0 Å². The Balaban J connectivity index is 1.26. The lowest BCUT2D eigenvalue weighted by Gasteiger charge is -2.16. The third-order valence-corrected chi connectivity index (χ3v) is 9.19. The minimum atomic E-state index is 0.635. The Labute approximate surface area is 288 Å². The summed E-state index contributed by atoms with van der Waals surface area (Å²) in [7, 11) is 0. The smallest absolute Gasteiger partial charge is 0.187 e. The first-order valence-electron chi connectivity index (χ1n) is 16.2. The predicted molar refractivity (Wildman–Crippen MR) is 201 cm³/mol. The molecule has 5 heterocycles. The van der Waals surface area contributed by atoms with Crippen LogP contribution in [0.5, 0.6) is 0 Å². The predicted octanol–water partition coefficient (Wildman–Crippen LogP) is 11.0. The molecule has 6 nitrogen and oxygen atoms in total. The molecule has 0 fully saturated rings. The van der Waals surface area contributed by atoms with E-state index in [9.17, 15) is 0 Å². The average Bonchev–Trinajstić information content (AvgIpc) is 3.21. The molecule has 0 aliphatic rings. The first kappa shape index (κ1) is 29.1. The zero-order chi connectivity index (χ0) is 33.4. The molecule has 0 amide bonds. The molecule has 0 bridgehead atoms. The van der Waals surface area contributed by atoms with Gasteiger partial charge in [-0.2, -0.15) is 0 Å². The summed E-state index contributed by atoms with van der Waals surface area (Å²) in [6, 6.07) is 41.3. The van der Waals surface area contributed by atoms with Crippen molar-refractivity contribution in [1.29, 1.82) is 0 Å². The van der Waals surface area contributed by atoms with Crippen LogP contribution in [0.4, 0.5) is 5.69 Å². The lowest BCUT2D eigenvalue weighted by atomic mass is 9.90. The van der Waals surface area contributed by atoms with Crippen LogP contribution in [0.15, 0.2) is 159 Å². The molecule has 0 N–H and O–H groups in total. The molecule has 0 atom stereocenters. The van der Waals surface area contributed by atoms with E-state index >= 15 is 0 Å². The van der Waals surface area contributed by atoms with E-state index in [-0.39, 0.29) is 0 Å². The van der Waals surface area contributed by atoms with Gasteiger partial charge in [-0.05, 0) is 93.7 Å². The number of hydrogen-bond acceptors (Lipinski definition) is 5. The molecule has 4 aromatic carbocycles. The van der Waals surface area contributed by atoms with Crippen LogP contribution in [-0.2, 0) is 0 Å². The van der Waals surface area contributed by atoms with Crippen molar-refractivity contribution in [3.05, 3.63) is 170 Å². The highest BCUT2D eigenvalue weighted by molar-refractivity contribution is 6.22. The fraction of sp³-hybridized carbons (Fsp3) is 0. The maximum Gasteiger partial charge on any atom is 0.187 e. The van der Waals surface area contributed by atoms with E-state index in [0.717, 1.165) is 88.5 Å². The number of fused-ring (bicyclic) bond motifs is 5. The van der Waals surface area contributed by atoms with Gasteiger partial charge >= 0.3 is 0 Å². The van der Waals surface area contributed by atoms with Crippen LogP contribution in [0, 0.1) is 6.57 Å². The maximum atomic E-state index is 7.26. The molecule has 0 saturated carbocycles. The number of aromatic nitrogens is 5. The fourth-order valence-corrected chi connectivity index (χ4v) is 6.74. The summed E-state index contributed by atoms with van der Waals surface area (Å²) in [5, 5.41) is 4.36. The number of pyridine rings is 5. The van der Waals surface area contributed by atoms with Crippen LogP contribution in [-0.4, -0.2) is 24.9 Å². The summed E-state index contributed by atoms with van der Waals surface area (Å²) in [6.07, 6.45) is 10.9. The third-order valence-electron chi connectivity index (χ3n) is 9.19. The summed E-state index contributed by atoms with van der Waals surface area (Å²) in [6.45, 7) is 7.26. The SMILES string of the molecule is [C-]#[N+]c1ccc(-c2ccc(-c3cc4c5cccnc5c(-c5cc(-c6ccncc6)nc(-c6ccncc6)c5)cc4c4cccnc34)cc2)cc1. The molecule has 9 rings (SSSR count). The Morgan fingerprint density at radius 2 is 0.860 bits per heavy atom. The molecule has 5 aromatic heterocycles. The second-order valence-electron chi connectivity index (χ2n) is 12.1. The molecule has 0 radical (unpaired) electrons. The quantitative estimate of drug-likeness (QED) is 0.139. The Bertz CT molecular complexity index is 2680. The van der Waals surface area contributed by atoms with Gasteiger partial charge in [-0.1, -0.05) is 60.7 Å². The Morgan fingerprint density at radius 1 is 0.400 bits per heavy atom. The van der Waals surface area contributed by atoms with Gasteiger partial charge in [-0.3, -0.25) is 19.9 Å². The van der Waals surface area contributed by atoms with Crippen molar-refractivity contribution in [1.82, 2.24) is 24.9 Å². The van der Waals surface area contributed by atoms with Crippen LogP contribution < -0.4 is 0 Å². The van der Waals surface area contributed by atoms with E-state index in [1.165, 1.54) is 0 Å². The molecule has 6 heteroatoms. The van der Waals surface area contributed by atoms with Crippen molar-refractivity contribution in [3.63, 3.8) is 0 Å². The van der Waals surface area contributed by atoms with Crippen molar-refractivity contribution >= 4 is 38.3 Å². The van der Waals surface area contributed by atoms with Crippen molar-refractivity contribution in [2.75, 3.05) is 0 Å². The van der Waals surface area contributed by atoms with E-state index < -0.39 is 0 Å². The van der Waals surface area contributed by atoms with Crippen LogP contribution in [0.25, 0.3) is 93.3 Å². The summed E-state index contributed by atoms with van der Waals surface area (Å²) >= 11 is 0.